The fourth-order valence-electron chi connectivity index (χ4n) is 1.93. The van der Waals surface area contributed by atoms with Gasteiger partial charge in [-0.1, -0.05) is 6.92 Å². The van der Waals surface area contributed by atoms with E-state index in [9.17, 15) is 4.57 Å². The molecule has 5 heteroatoms. The molecule has 2 aliphatic heterocycles. The first kappa shape index (κ1) is 10.6. The number of hydrogen-bond donors (Lipinski definition) is 1. The Labute approximate surface area is 84.9 Å². The molecule has 4 nitrogen and oxygen atoms in total. The lowest BCUT2D eigenvalue weighted by molar-refractivity contribution is 0.0871. The first-order chi connectivity index (χ1) is 6.56. The first-order valence-corrected chi connectivity index (χ1v) is 6.74. The molecule has 0 aliphatic carbocycles. The van der Waals surface area contributed by atoms with E-state index in [1.807, 2.05) is 13.8 Å². The second-order valence-electron chi connectivity index (χ2n) is 4.50. The van der Waals surface area contributed by atoms with E-state index < -0.39 is 12.9 Å². The number of nitrogens with one attached hydrogen (secondary N) is 1. The van der Waals surface area contributed by atoms with Crippen molar-refractivity contribution in [2.75, 3.05) is 19.8 Å². The van der Waals surface area contributed by atoms with Crippen molar-refractivity contribution in [1.29, 1.82) is 0 Å². The van der Waals surface area contributed by atoms with E-state index in [0.717, 1.165) is 19.4 Å². The lowest BCUT2D eigenvalue weighted by Gasteiger charge is -2.37. The summed E-state index contributed by atoms with van der Waals surface area (Å²) in [6.45, 7) is 5.98. The molecule has 0 aromatic carbocycles. The molecule has 2 heterocycles. The quantitative estimate of drug-likeness (QED) is 0.685. The third kappa shape index (κ3) is 1.65. The summed E-state index contributed by atoms with van der Waals surface area (Å²) in [5.74, 6) is 0.349. The minimum Gasteiger partial charge on any atom is -0.307 e. The molecule has 1 N–H and O–H groups in total. The van der Waals surface area contributed by atoms with Gasteiger partial charge in [-0.2, -0.15) is 0 Å². The third-order valence-electron chi connectivity index (χ3n) is 3.01. The van der Waals surface area contributed by atoms with Crippen LogP contribution in [0.2, 0.25) is 0 Å². The highest BCUT2D eigenvalue weighted by atomic mass is 31.2. The highest BCUT2D eigenvalue weighted by Gasteiger charge is 2.50. The van der Waals surface area contributed by atoms with Crippen LogP contribution in [0.15, 0.2) is 0 Å². The van der Waals surface area contributed by atoms with E-state index in [1.54, 1.807) is 0 Å². The van der Waals surface area contributed by atoms with Crippen molar-refractivity contribution in [2.24, 2.45) is 5.92 Å². The lowest BCUT2D eigenvalue weighted by atomic mass is 10.2. The second-order valence-corrected chi connectivity index (χ2v) is 7.00. The molecule has 0 aromatic heterocycles. The van der Waals surface area contributed by atoms with Crippen molar-refractivity contribution in [3.05, 3.63) is 0 Å². The van der Waals surface area contributed by atoms with Crippen molar-refractivity contribution in [1.82, 2.24) is 5.32 Å². The summed E-state index contributed by atoms with van der Waals surface area (Å²) in [5.41, 5.74) is 0. The summed E-state index contributed by atoms with van der Waals surface area (Å²) in [7, 11) is -2.92. The topological polar surface area (TPSA) is 47.6 Å². The van der Waals surface area contributed by atoms with Crippen LogP contribution >= 0.6 is 7.60 Å². The fraction of sp³-hybridized carbons (Fsp3) is 1.00. The van der Waals surface area contributed by atoms with Crippen molar-refractivity contribution >= 4 is 7.60 Å². The maximum Gasteiger partial charge on any atom is 0.350 e. The summed E-state index contributed by atoms with van der Waals surface area (Å²) >= 11 is 0. The second kappa shape index (κ2) is 3.60. The minimum absolute atomic E-state index is 0.349. The average Bonchev–Trinajstić information content (AvgIpc) is 2.60. The summed E-state index contributed by atoms with van der Waals surface area (Å²) in [6.07, 6.45) is 1.92. The maximum absolute atomic E-state index is 12.4. The van der Waals surface area contributed by atoms with Gasteiger partial charge in [-0.25, -0.2) is 0 Å². The van der Waals surface area contributed by atoms with E-state index in [2.05, 4.69) is 5.32 Å². The van der Waals surface area contributed by atoms with Gasteiger partial charge in [-0.3, -0.25) is 4.57 Å². The van der Waals surface area contributed by atoms with E-state index in [0.29, 0.717) is 19.1 Å². The lowest BCUT2D eigenvalue weighted by Crippen LogP contribution is -2.39. The van der Waals surface area contributed by atoms with Crippen molar-refractivity contribution in [2.45, 2.75) is 32.0 Å². The predicted octanol–water partition coefficient (Wildman–Crippen LogP) is 1.96. The van der Waals surface area contributed by atoms with Crippen molar-refractivity contribution < 1.29 is 13.6 Å². The zero-order chi connectivity index (χ0) is 10.2. The molecule has 1 atom stereocenters. The maximum atomic E-state index is 12.4. The van der Waals surface area contributed by atoms with Crippen LogP contribution in [-0.2, 0) is 13.6 Å². The van der Waals surface area contributed by atoms with Crippen LogP contribution in [-0.4, -0.2) is 25.0 Å². The largest absolute Gasteiger partial charge is 0.350 e. The highest BCUT2D eigenvalue weighted by molar-refractivity contribution is 7.55. The van der Waals surface area contributed by atoms with Crippen LogP contribution in [0.3, 0.4) is 0 Å². The Balaban J connectivity index is 2.12. The first-order valence-electron chi connectivity index (χ1n) is 5.20. The van der Waals surface area contributed by atoms with Crippen molar-refractivity contribution in [3.63, 3.8) is 0 Å². The van der Waals surface area contributed by atoms with Gasteiger partial charge in [0, 0.05) is 5.92 Å². The SMILES string of the molecule is CC1COP(=O)(C2(C)CCCN2)OC1. The van der Waals surface area contributed by atoms with Gasteiger partial charge >= 0.3 is 7.60 Å². The van der Waals surface area contributed by atoms with E-state index in [4.69, 9.17) is 9.05 Å². The summed E-state index contributed by atoms with van der Waals surface area (Å²) in [4.78, 5) is 0. The van der Waals surface area contributed by atoms with Gasteiger partial charge in [0.05, 0.1) is 13.2 Å². The molecule has 0 bridgehead atoms. The van der Waals surface area contributed by atoms with Gasteiger partial charge in [0.2, 0.25) is 0 Å². The Hall–Kier alpha value is 0.110. The zero-order valence-corrected chi connectivity index (χ0v) is 9.68. The summed E-state index contributed by atoms with van der Waals surface area (Å²) in [6, 6.07) is 0. The molecule has 1 unspecified atom stereocenters. The molecule has 0 saturated carbocycles. The van der Waals surface area contributed by atoms with Gasteiger partial charge in [-0.05, 0) is 26.3 Å². The Kier molecular flexibility index (Phi) is 2.73. The molecule has 0 radical (unpaired) electrons. The number of hydrogen-bond acceptors (Lipinski definition) is 4. The van der Waals surface area contributed by atoms with E-state index in [-0.39, 0.29) is 0 Å². The molecule has 2 aliphatic rings. The van der Waals surface area contributed by atoms with Gasteiger partial charge in [0.25, 0.3) is 0 Å². The predicted molar refractivity (Wildman–Crippen MR) is 54.3 cm³/mol. The van der Waals surface area contributed by atoms with Gasteiger partial charge in [-0.15, -0.1) is 0 Å². The average molecular weight is 219 g/mol. The molecule has 2 saturated heterocycles. The Bertz CT molecular complexity index is 251. The minimum atomic E-state index is -2.92. The summed E-state index contributed by atoms with van der Waals surface area (Å²) < 4.78 is 23.3. The van der Waals surface area contributed by atoms with Gasteiger partial charge < -0.3 is 14.4 Å². The smallest absolute Gasteiger partial charge is 0.307 e. The molecule has 0 spiro atoms. The molecule has 2 rings (SSSR count). The van der Waals surface area contributed by atoms with E-state index in [1.165, 1.54) is 0 Å². The van der Waals surface area contributed by atoms with Crippen LogP contribution in [0.4, 0.5) is 0 Å². The standard InChI is InChI=1S/C9H18NO3P/c1-8-6-12-14(11,13-7-8)9(2)4-3-5-10-9/h8,10H,3-7H2,1-2H3. The molecule has 0 amide bonds. The molecule has 0 aromatic rings. The highest BCUT2D eigenvalue weighted by Crippen LogP contribution is 2.63. The monoisotopic (exact) mass is 219 g/mol. The zero-order valence-electron chi connectivity index (χ0n) is 8.78. The molecule has 14 heavy (non-hydrogen) atoms. The van der Waals surface area contributed by atoms with Crippen LogP contribution in [0.5, 0.6) is 0 Å². The third-order valence-corrected chi connectivity index (χ3v) is 5.58. The van der Waals surface area contributed by atoms with Crippen molar-refractivity contribution in [3.8, 4) is 0 Å². The number of rotatable bonds is 1. The van der Waals surface area contributed by atoms with E-state index >= 15 is 0 Å². The molecule has 82 valence electrons. The van der Waals surface area contributed by atoms with Crippen LogP contribution in [0.1, 0.15) is 26.7 Å². The Morgan fingerprint density at radius 3 is 2.57 bits per heavy atom. The molecule has 2 fully saturated rings. The molecular weight excluding hydrogens is 201 g/mol. The van der Waals surface area contributed by atoms with Gasteiger partial charge in [0.1, 0.15) is 5.28 Å². The summed E-state index contributed by atoms with van der Waals surface area (Å²) in [5, 5.41) is 2.79. The Morgan fingerprint density at radius 2 is 2.07 bits per heavy atom. The van der Waals surface area contributed by atoms with Crippen LogP contribution in [0, 0.1) is 5.92 Å². The fourth-order valence-corrected chi connectivity index (χ4v) is 4.22. The molecular formula is C9H18NO3P. The normalized spacial score (nSPS) is 49.4. The van der Waals surface area contributed by atoms with Crippen LogP contribution in [0.25, 0.3) is 0 Å². The van der Waals surface area contributed by atoms with Crippen LogP contribution < -0.4 is 5.32 Å². The Morgan fingerprint density at radius 1 is 1.43 bits per heavy atom. The van der Waals surface area contributed by atoms with Gasteiger partial charge in [0.15, 0.2) is 0 Å².